The summed E-state index contributed by atoms with van der Waals surface area (Å²) in [7, 11) is 0. The fraction of sp³-hybridized carbons (Fsp3) is 0.609. The molecule has 4 unspecified atom stereocenters. The quantitative estimate of drug-likeness (QED) is 0.595. The third kappa shape index (κ3) is 3.52. The summed E-state index contributed by atoms with van der Waals surface area (Å²) < 4.78 is 0. The Balaban J connectivity index is 1.84. The average Bonchev–Trinajstić information content (AvgIpc) is 3.18. The van der Waals surface area contributed by atoms with E-state index in [0.29, 0.717) is 10.6 Å². The molecule has 2 amide bonds. The lowest BCUT2D eigenvalue weighted by molar-refractivity contribution is -0.153. The number of fused-ring (bicyclic) bond motifs is 1. The number of carboxylic acids is 1. The number of hydrogen-bond acceptors (Lipinski definition) is 5. The van der Waals surface area contributed by atoms with Crippen LogP contribution in [0.3, 0.4) is 0 Å². The van der Waals surface area contributed by atoms with Crippen LogP contribution in [0, 0.1) is 17.8 Å². The van der Waals surface area contributed by atoms with Gasteiger partial charge in [-0.1, -0.05) is 44.7 Å². The molecule has 2 heterocycles. The van der Waals surface area contributed by atoms with Gasteiger partial charge in [-0.25, -0.2) is 0 Å². The minimum Gasteiger partial charge on any atom is -0.508 e. The standard InChI is InChI=1S/C23H29ClN2O5/c1-12(2)11-23(22(30)31)18-17(19(25-23)15-10-13(24)8-9-16(15)27)20(28)26(21(18)29)14-6-4-3-5-7-14/h8-10,12,14,17-19,25,27H,3-7,11H2,1-2H3,(H,30,31). The summed E-state index contributed by atoms with van der Waals surface area (Å²) in [6.07, 6.45) is 4.67. The van der Waals surface area contributed by atoms with Gasteiger partial charge in [-0.3, -0.25) is 24.6 Å². The first-order valence-corrected chi connectivity index (χ1v) is 11.4. The first-order valence-electron chi connectivity index (χ1n) is 11.0. The molecule has 4 rings (SSSR count). The van der Waals surface area contributed by atoms with Crippen molar-refractivity contribution in [2.24, 2.45) is 17.8 Å². The molecule has 0 radical (unpaired) electrons. The van der Waals surface area contributed by atoms with E-state index < -0.39 is 35.3 Å². The van der Waals surface area contributed by atoms with E-state index in [0.717, 1.165) is 32.1 Å². The number of nitrogens with zero attached hydrogens (tertiary/aromatic N) is 1. The zero-order chi connectivity index (χ0) is 22.5. The highest BCUT2D eigenvalue weighted by Gasteiger charge is 2.69. The molecule has 2 aliphatic heterocycles. The Kier molecular flexibility index (Phi) is 5.77. The normalized spacial score (nSPS) is 31.5. The molecule has 168 valence electrons. The highest BCUT2D eigenvalue weighted by Crippen LogP contribution is 2.53. The van der Waals surface area contributed by atoms with Crippen LogP contribution >= 0.6 is 11.6 Å². The molecule has 0 bridgehead atoms. The molecule has 4 atom stereocenters. The molecule has 0 aromatic heterocycles. The molecular formula is C23H29ClN2O5. The Morgan fingerprint density at radius 2 is 1.90 bits per heavy atom. The van der Waals surface area contributed by atoms with Crippen LogP contribution in [0.4, 0.5) is 0 Å². The summed E-state index contributed by atoms with van der Waals surface area (Å²) in [5.41, 5.74) is -1.24. The lowest BCUT2D eigenvalue weighted by Crippen LogP contribution is -2.57. The fourth-order valence-electron chi connectivity index (χ4n) is 5.88. The first kappa shape index (κ1) is 22.1. The number of likely N-dealkylation sites (tertiary alicyclic amines) is 1. The second-order valence-electron chi connectivity index (χ2n) is 9.54. The molecule has 31 heavy (non-hydrogen) atoms. The lowest BCUT2D eigenvalue weighted by atomic mass is 9.75. The number of benzene rings is 1. The van der Waals surface area contributed by atoms with Gasteiger partial charge < -0.3 is 10.2 Å². The van der Waals surface area contributed by atoms with Crippen molar-refractivity contribution in [1.82, 2.24) is 10.2 Å². The van der Waals surface area contributed by atoms with Gasteiger partial charge in [0.15, 0.2) is 0 Å². The molecule has 1 aromatic carbocycles. The Hall–Kier alpha value is -2.12. The van der Waals surface area contributed by atoms with E-state index in [9.17, 15) is 24.6 Å². The molecule has 3 aliphatic rings. The number of phenolic OH excluding ortho intramolecular Hbond substituents is 1. The van der Waals surface area contributed by atoms with E-state index >= 15 is 0 Å². The Bertz CT molecular complexity index is 913. The van der Waals surface area contributed by atoms with Crippen LogP contribution < -0.4 is 5.32 Å². The molecule has 1 saturated carbocycles. The van der Waals surface area contributed by atoms with Crippen LogP contribution in [0.1, 0.15) is 64.0 Å². The van der Waals surface area contributed by atoms with Crippen LogP contribution in [0.5, 0.6) is 5.75 Å². The average molecular weight is 449 g/mol. The van der Waals surface area contributed by atoms with Crippen LogP contribution in [-0.2, 0) is 14.4 Å². The first-order chi connectivity index (χ1) is 14.7. The Labute approximate surface area is 186 Å². The third-order valence-corrected chi connectivity index (χ3v) is 7.30. The van der Waals surface area contributed by atoms with Crippen LogP contribution in [0.25, 0.3) is 0 Å². The van der Waals surface area contributed by atoms with Gasteiger partial charge in [0, 0.05) is 22.7 Å². The van der Waals surface area contributed by atoms with Gasteiger partial charge in [-0.2, -0.15) is 0 Å². The number of aliphatic carboxylic acids is 1. The van der Waals surface area contributed by atoms with Crippen molar-refractivity contribution in [2.45, 2.75) is 70.0 Å². The van der Waals surface area contributed by atoms with Gasteiger partial charge >= 0.3 is 5.97 Å². The maximum atomic E-state index is 13.6. The number of amides is 2. The number of carbonyl (C=O) groups excluding carboxylic acids is 2. The fourth-order valence-corrected chi connectivity index (χ4v) is 6.06. The third-order valence-electron chi connectivity index (χ3n) is 7.06. The highest BCUT2D eigenvalue weighted by atomic mass is 35.5. The van der Waals surface area contributed by atoms with Crippen molar-refractivity contribution in [3.05, 3.63) is 28.8 Å². The predicted octanol–water partition coefficient (Wildman–Crippen LogP) is 3.49. The summed E-state index contributed by atoms with van der Waals surface area (Å²) in [6, 6.07) is 3.50. The monoisotopic (exact) mass is 448 g/mol. The number of hydrogen-bond donors (Lipinski definition) is 3. The number of imide groups is 1. The Morgan fingerprint density at radius 1 is 1.23 bits per heavy atom. The van der Waals surface area contributed by atoms with Gasteiger partial charge in [-0.05, 0) is 43.4 Å². The minimum absolute atomic E-state index is 0.0254. The van der Waals surface area contributed by atoms with E-state index in [2.05, 4.69) is 5.32 Å². The number of phenols is 1. The molecule has 0 spiro atoms. The maximum Gasteiger partial charge on any atom is 0.324 e. The summed E-state index contributed by atoms with van der Waals surface area (Å²) >= 11 is 6.15. The SMILES string of the molecule is CC(C)CC1(C(=O)O)NC(c2cc(Cl)ccc2O)C2C(=O)N(C3CCCCC3)C(=O)C21. The predicted molar refractivity (Wildman–Crippen MR) is 115 cm³/mol. The number of nitrogens with one attached hydrogen (secondary N) is 1. The van der Waals surface area contributed by atoms with E-state index in [1.54, 1.807) is 6.07 Å². The van der Waals surface area contributed by atoms with Crippen molar-refractivity contribution in [2.75, 3.05) is 0 Å². The number of rotatable bonds is 5. The van der Waals surface area contributed by atoms with Crippen LogP contribution in [0.2, 0.25) is 5.02 Å². The zero-order valence-electron chi connectivity index (χ0n) is 17.8. The molecular weight excluding hydrogens is 420 g/mol. The van der Waals surface area contributed by atoms with E-state index in [1.165, 1.54) is 17.0 Å². The Morgan fingerprint density at radius 3 is 2.52 bits per heavy atom. The van der Waals surface area contributed by atoms with Crippen molar-refractivity contribution in [3.63, 3.8) is 0 Å². The van der Waals surface area contributed by atoms with Crippen molar-refractivity contribution >= 4 is 29.4 Å². The van der Waals surface area contributed by atoms with Crippen molar-refractivity contribution < 1.29 is 24.6 Å². The largest absolute Gasteiger partial charge is 0.508 e. The second-order valence-corrected chi connectivity index (χ2v) is 9.98. The van der Waals surface area contributed by atoms with Gasteiger partial charge in [0.1, 0.15) is 11.3 Å². The van der Waals surface area contributed by atoms with E-state index in [1.807, 2.05) is 13.8 Å². The molecule has 1 aromatic rings. The molecule has 1 aliphatic carbocycles. The smallest absolute Gasteiger partial charge is 0.324 e. The minimum atomic E-state index is -1.59. The highest BCUT2D eigenvalue weighted by molar-refractivity contribution is 6.30. The van der Waals surface area contributed by atoms with Gasteiger partial charge in [0.05, 0.1) is 11.8 Å². The molecule has 8 heteroatoms. The number of halogens is 1. The lowest BCUT2D eigenvalue weighted by Gasteiger charge is -2.35. The van der Waals surface area contributed by atoms with Crippen LogP contribution in [-0.4, -0.2) is 44.5 Å². The molecule has 2 saturated heterocycles. The second kappa shape index (κ2) is 8.10. The van der Waals surface area contributed by atoms with Gasteiger partial charge in [-0.15, -0.1) is 0 Å². The van der Waals surface area contributed by atoms with E-state index in [-0.39, 0.29) is 30.0 Å². The number of carbonyl (C=O) groups is 3. The van der Waals surface area contributed by atoms with Crippen molar-refractivity contribution in [3.8, 4) is 5.75 Å². The van der Waals surface area contributed by atoms with E-state index in [4.69, 9.17) is 11.6 Å². The summed E-state index contributed by atoms with van der Waals surface area (Å²) in [5, 5.41) is 24.3. The summed E-state index contributed by atoms with van der Waals surface area (Å²) in [6.45, 7) is 3.79. The molecule has 3 N–H and O–H groups in total. The maximum absolute atomic E-state index is 13.6. The molecule has 7 nitrogen and oxygen atoms in total. The topological polar surface area (TPSA) is 107 Å². The van der Waals surface area contributed by atoms with Gasteiger partial charge in [0.25, 0.3) is 0 Å². The number of aromatic hydroxyl groups is 1. The molecule has 3 fully saturated rings. The number of carboxylic acid groups (broad SMARTS) is 1. The van der Waals surface area contributed by atoms with Gasteiger partial charge in [0.2, 0.25) is 11.8 Å². The zero-order valence-corrected chi connectivity index (χ0v) is 18.6. The van der Waals surface area contributed by atoms with Crippen molar-refractivity contribution in [1.29, 1.82) is 0 Å². The van der Waals surface area contributed by atoms with Crippen LogP contribution in [0.15, 0.2) is 18.2 Å². The summed E-state index contributed by atoms with van der Waals surface area (Å²) in [5.74, 6) is -3.91. The summed E-state index contributed by atoms with van der Waals surface area (Å²) in [4.78, 5) is 41.3.